The molecule has 2 atom stereocenters. The molecule has 0 heterocycles. The van der Waals surface area contributed by atoms with Gasteiger partial charge in [-0.05, 0) is 19.3 Å². The summed E-state index contributed by atoms with van der Waals surface area (Å²) in [7, 11) is 5.82. The van der Waals surface area contributed by atoms with Crippen LogP contribution in [0.25, 0.3) is 0 Å². The van der Waals surface area contributed by atoms with Gasteiger partial charge in [0.05, 0.1) is 33.7 Å². The summed E-state index contributed by atoms with van der Waals surface area (Å²) in [6.07, 6.45) is 6.83. The van der Waals surface area contributed by atoms with E-state index in [0.717, 1.165) is 44.9 Å². The van der Waals surface area contributed by atoms with E-state index in [1.807, 2.05) is 21.1 Å². The number of carboxylic acids is 1. The molecule has 0 fully saturated rings. The number of hydrogen-bond donors (Lipinski definition) is 2. The number of unbranched alkanes of at least 4 members (excludes halogenated alkanes) is 4. The van der Waals surface area contributed by atoms with Gasteiger partial charge in [0.1, 0.15) is 6.54 Å². The molecule has 0 aromatic carbocycles. The molecule has 0 radical (unpaired) electrons. The molecule has 0 bridgehead atoms. The van der Waals surface area contributed by atoms with E-state index in [4.69, 9.17) is 9.84 Å². The summed E-state index contributed by atoms with van der Waals surface area (Å²) in [6.45, 7) is 2.62. The minimum Gasteiger partial charge on any atom is -0.481 e. The fourth-order valence-corrected chi connectivity index (χ4v) is 2.79. The van der Waals surface area contributed by atoms with E-state index in [1.165, 1.54) is 0 Å². The first-order valence-corrected chi connectivity index (χ1v) is 9.53. The van der Waals surface area contributed by atoms with E-state index in [9.17, 15) is 14.7 Å². The van der Waals surface area contributed by atoms with Gasteiger partial charge in [-0.2, -0.15) is 0 Å². The summed E-state index contributed by atoms with van der Waals surface area (Å²) in [4.78, 5) is 22.8. The number of aliphatic hydroxyl groups is 1. The van der Waals surface area contributed by atoms with Crippen molar-refractivity contribution in [3.8, 4) is 0 Å². The molecular formula is C19H38NO5+. The molecule has 0 aromatic rings. The zero-order valence-electron chi connectivity index (χ0n) is 16.5. The lowest BCUT2D eigenvalue weighted by Gasteiger charge is -2.28. The zero-order valence-corrected chi connectivity index (χ0v) is 16.5. The number of nitrogens with zero attached hydrogens (tertiary/aromatic N) is 1. The number of likely N-dealkylation sites (N-methyl/N-ethyl adjacent to an activating group) is 1. The van der Waals surface area contributed by atoms with Crippen molar-refractivity contribution in [3.63, 3.8) is 0 Å². The molecule has 0 amide bonds. The van der Waals surface area contributed by atoms with Crippen LogP contribution < -0.4 is 0 Å². The molecule has 0 aliphatic heterocycles. The Labute approximate surface area is 152 Å². The predicted octanol–water partition coefficient (Wildman–Crippen LogP) is 2.97. The van der Waals surface area contributed by atoms with Crippen molar-refractivity contribution < 1.29 is 29.0 Å². The second kappa shape index (κ2) is 13.1. The fourth-order valence-electron chi connectivity index (χ4n) is 2.79. The standard InChI is InChI=1S/C19H37NO5/c1-5-6-8-11-16(21)12-9-7-10-13-19(24)25-17(14-18(22)23)15-20(2,3)4/h16-17,21H,5-15H2,1-4H3/p+1. The fraction of sp³-hybridized carbons (Fsp3) is 0.895. The molecule has 0 aromatic heterocycles. The average Bonchev–Trinajstić information content (AvgIpc) is 2.44. The van der Waals surface area contributed by atoms with Gasteiger partial charge < -0.3 is 19.4 Å². The van der Waals surface area contributed by atoms with Crippen LogP contribution >= 0.6 is 0 Å². The van der Waals surface area contributed by atoms with Gasteiger partial charge in [-0.25, -0.2) is 0 Å². The smallest absolute Gasteiger partial charge is 0.307 e. The topological polar surface area (TPSA) is 83.8 Å². The lowest BCUT2D eigenvalue weighted by atomic mass is 10.0. The second-order valence-electron chi connectivity index (χ2n) is 7.93. The highest BCUT2D eigenvalue weighted by atomic mass is 16.5. The molecule has 6 heteroatoms. The SMILES string of the molecule is CCCCCC(O)CCCCCC(=O)OC(CC(=O)O)C[N+](C)(C)C. The van der Waals surface area contributed by atoms with E-state index in [0.29, 0.717) is 23.9 Å². The van der Waals surface area contributed by atoms with Crippen molar-refractivity contribution in [2.24, 2.45) is 0 Å². The summed E-state index contributed by atoms with van der Waals surface area (Å²) in [5.74, 6) is -1.29. The number of esters is 1. The molecule has 6 nitrogen and oxygen atoms in total. The van der Waals surface area contributed by atoms with Crippen LogP contribution in [0.2, 0.25) is 0 Å². The van der Waals surface area contributed by atoms with Crippen LogP contribution in [0.3, 0.4) is 0 Å². The Kier molecular flexibility index (Phi) is 12.5. The number of rotatable bonds is 15. The number of carboxylic acid groups (broad SMARTS) is 1. The van der Waals surface area contributed by atoms with Crippen LogP contribution in [0.1, 0.15) is 71.1 Å². The van der Waals surface area contributed by atoms with Crippen LogP contribution in [0.4, 0.5) is 0 Å². The van der Waals surface area contributed by atoms with Gasteiger partial charge in [-0.3, -0.25) is 9.59 Å². The Morgan fingerprint density at radius 1 is 1.00 bits per heavy atom. The van der Waals surface area contributed by atoms with Crippen molar-refractivity contribution in [1.29, 1.82) is 0 Å². The predicted molar refractivity (Wildman–Crippen MR) is 98.3 cm³/mol. The molecule has 0 spiro atoms. The third kappa shape index (κ3) is 16.1. The maximum Gasteiger partial charge on any atom is 0.307 e. The Bertz CT molecular complexity index is 379. The molecule has 0 aliphatic carbocycles. The van der Waals surface area contributed by atoms with Crippen LogP contribution in [0.15, 0.2) is 0 Å². The summed E-state index contributed by atoms with van der Waals surface area (Å²) in [5.41, 5.74) is 0. The van der Waals surface area contributed by atoms with Crippen molar-refractivity contribution >= 4 is 11.9 Å². The molecule has 2 unspecified atom stereocenters. The van der Waals surface area contributed by atoms with Crippen LogP contribution in [0.5, 0.6) is 0 Å². The lowest BCUT2D eigenvalue weighted by Crippen LogP contribution is -2.43. The number of carbonyl (C=O) groups excluding carboxylic acids is 1. The number of carbonyl (C=O) groups is 2. The van der Waals surface area contributed by atoms with Gasteiger partial charge in [0.25, 0.3) is 0 Å². The highest BCUT2D eigenvalue weighted by molar-refractivity contribution is 5.71. The van der Waals surface area contributed by atoms with E-state index >= 15 is 0 Å². The largest absolute Gasteiger partial charge is 0.481 e. The molecule has 0 aliphatic rings. The first-order chi connectivity index (χ1) is 11.6. The van der Waals surface area contributed by atoms with Crippen molar-refractivity contribution in [1.82, 2.24) is 0 Å². The molecule has 148 valence electrons. The van der Waals surface area contributed by atoms with Gasteiger partial charge >= 0.3 is 11.9 Å². The number of ether oxygens (including phenoxy) is 1. The first-order valence-electron chi connectivity index (χ1n) is 9.53. The maximum atomic E-state index is 11.9. The molecule has 0 rings (SSSR count). The number of aliphatic hydroxyl groups excluding tert-OH is 1. The van der Waals surface area contributed by atoms with Gasteiger partial charge in [0, 0.05) is 6.42 Å². The minimum absolute atomic E-state index is 0.161. The monoisotopic (exact) mass is 360 g/mol. The lowest BCUT2D eigenvalue weighted by molar-refractivity contribution is -0.873. The summed E-state index contributed by atoms with van der Waals surface area (Å²) in [6, 6.07) is 0. The highest BCUT2D eigenvalue weighted by Gasteiger charge is 2.24. The third-order valence-electron chi connectivity index (χ3n) is 4.01. The zero-order chi connectivity index (χ0) is 19.3. The highest BCUT2D eigenvalue weighted by Crippen LogP contribution is 2.13. The average molecular weight is 361 g/mol. The number of hydrogen-bond acceptors (Lipinski definition) is 4. The van der Waals surface area contributed by atoms with E-state index in [1.54, 1.807) is 0 Å². The molecule has 25 heavy (non-hydrogen) atoms. The molecule has 0 saturated carbocycles. The molecule has 0 saturated heterocycles. The van der Waals surface area contributed by atoms with Crippen LogP contribution in [-0.2, 0) is 14.3 Å². The molecule has 2 N–H and O–H groups in total. The summed E-state index contributed by atoms with van der Waals surface area (Å²) < 4.78 is 5.89. The normalized spacial score (nSPS) is 14.1. The Morgan fingerprint density at radius 3 is 2.12 bits per heavy atom. The van der Waals surface area contributed by atoms with Gasteiger partial charge in [0.2, 0.25) is 0 Å². The van der Waals surface area contributed by atoms with E-state index < -0.39 is 12.1 Å². The van der Waals surface area contributed by atoms with Crippen LogP contribution in [-0.4, -0.2) is 66.5 Å². The molecular weight excluding hydrogens is 322 g/mol. The van der Waals surface area contributed by atoms with Crippen LogP contribution in [0, 0.1) is 0 Å². The first kappa shape index (κ1) is 23.9. The maximum absolute atomic E-state index is 11.9. The summed E-state index contributed by atoms with van der Waals surface area (Å²) in [5, 5.41) is 18.8. The Hall–Kier alpha value is -1.14. The Balaban J connectivity index is 3.93. The second-order valence-corrected chi connectivity index (χ2v) is 7.93. The van der Waals surface area contributed by atoms with Gasteiger partial charge in [-0.1, -0.05) is 39.0 Å². The quantitative estimate of drug-likeness (QED) is 0.266. The Morgan fingerprint density at radius 2 is 1.60 bits per heavy atom. The number of aliphatic carboxylic acids is 1. The van der Waals surface area contributed by atoms with Crippen molar-refractivity contribution in [2.75, 3.05) is 27.7 Å². The van der Waals surface area contributed by atoms with Gasteiger partial charge in [0.15, 0.2) is 6.10 Å². The van der Waals surface area contributed by atoms with E-state index in [-0.39, 0.29) is 18.5 Å². The van der Waals surface area contributed by atoms with E-state index in [2.05, 4.69) is 6.92 Å². The summed E-state index contributed by atoms with van der Waals surface area (Å²) >= 11 is 0. The minimum atomic E-state index is -0.955. The third-order valence-corrected chi connectivity index (χ3v) is 4.01. The number of quaternary nitrogens is 1. The van der Waals surface area contributed by atoms with Crippen molar-refractivity contribution in [2.45, 2.75) is 83.3 Å². The van der Waals surface area contributed by atoms with Crippen molar-refractivity contribution in [3.05, 3.63) is 0 Å². The van der Waals surface area contributed by atoms with Gasteiger partial charge in [-0.15, -0.1) is 0 Å².